The molecule has 6 nitrogen and oxygen atoms in total. The molecule has 0 bridgehead atoms. The first-order valence-electron chi connectivity index (χ1n) is 6.60. The average Bonchev–Trinajstić information content (AvgIpc) is 2.68. The van der Waals surface area contributed by atoms with Gasteiger partial charge in [0, 0.05) is 25.3 Å². The fraction of sp³-hybridized carbons (Fsp3) is 0.692. The van der Waals surface area contributed by atoms with Gasteiger partial charge in [-0.25, -0.2) is 13.1 Å². The van der Waals surface area contributed by atoms with E-state index in [-0.39, 0.29) is 10.9 Å². The standard InChI is InChI=1S/C13H24N2O4S/c1-9(2)14-7-12-6-13(11(4)19-12)20(16,17)15-10(3)8-18-5/h6,9-10,14-15H,7-8H2,1-5H3. The molecule has 0 aliphatic heterocycles. The summed E-state index contributed by atoms with van der Waals surface area (Å²) in [6.45, 7) is 8.24. The van der Waals surface area contributed by atoms with Crippen LogP contribution < -0.4 is 10.0 Å². The number of rotatable bonds is 8. The number of ether oxygens (including phenoxy) is 1. The lowest BCUT2D eigenvalue weighted by molar-refractivity contribution is 0.180. The zero-order chi connectivity index (χ0) is 15.3. The molecule has 2 N–H and O–H groups in total. The highest BCUT2D eigenvalue weighted by atomic mass is 32.2. The summed E-state index contributed by atoms with van der Waals surface area (Å²) in [6.07, 6.45) is 0. The predicted octanol–water partition coefficient (Wildman–Crippen LogP) is 1.40. The van der Waals surface area contributed by atoms with Gasteiger partial charge in [-0.05, 0) is 13.8 Å². The Hall–Kier alpha value is -0.890. The SMILES string of the molecule is COCC(C)NS(=O)(=O)c1cc(CNC(C)C)oc1C. The van der Waals surface area contributed by atoms with Crippen LogP contribution in [-0.2, 0) is 21.3 Å². The Kier molecular flexibility index (Phi) is 6.19. The van der Waals surface area contributed by atoms with Crippen molar-refractivity contribution in [1.29, 1.82) is 0 Å². The summed E-state index contributed by atoms with van der Waals surface area (Å²) in [6, 6.07) is 1.57. The predicted molar refractivity (Wildman–Crippen MR) is 77.1 cm³/mol. The molecular weight excluding hydrogens is 280 g/mol. The minimum atomic E-state index is -3.58. The van der Waals surface area contributed by atoms with Gasteiger partial charge in [0.25, 0.3) is 0 Å². The van der Waals surface area contributed by atoms with Crippen LogP contribution >= 0.6 is 0 Å². The third-order valence-electron chi connectivity index (χ3n) is 2.67. The van der Waals surface area contributed by atoms with Crippen LogP contribution in [0.5, 0.6) is 0 Å². The summed E-state index contributed by atoms with van der Waals surface area (Å²) >= 11 is 0. The van der Waals surface area contributed by atoms with E-state index in [0.717, 1.165) is 0 Å². The van der Waals surface area contributed by atoms with E-state index in [4.69, 9.17) is 9.15 Å². The lowest BCUT2D eigenvalue weighted by Crippen LogP contribution is -2.35. The van der Waals surface area contributed by atoms with Gasteiger partial charge in [-0.3, -0.25) is 0 Å². The average molecular weight is 304 g/mol. The van der Waals surface area contributed by atoms with Crippen molar-refractivity contribution in [1.82, 2.24) is 10.0 Å². The number of nitrogens with one attached hydrogen (secondary N) is 2. The van der Waals surface area contributed by atoms with Crippen LogP contribution in [0.2, 0.25) is 0 Å². The molecule has 1 heterocycles. The molecule has 1 aromatic rings. The zero-order valence-electron chi connectivity index (χ0n) is 12.7. The summed E-state index contributed by atoms with van der Waals surface area (Å²) in [7, 11) is -2.05. The second kappa shape index (κ2) is 7.21. The molecule has 0 fully saturated rings. The number of aryl methyl sites for hydroxylation is 1. The molecule has 0 saturated carbocycles. The molecule has 1 aromatic heterocycles. The third kappa shape index (κ3) is 4.90. The van der Waals surface area contributed by atoms with Crippen LogP contribution in [-0.4, -0.2) is 34.2 Å². The molecular formula is C13H24N2O4S. The van der Waals surface area contributed by atoms with E-state index in [1.54, 1.807) is 19.9 Å². The van der Waals surface area contributed by atoms with E-state index in [1.165, 1.54) is 7.11 Å². The molecule has 0 aliphatic carbocycles. The monoisotopic (exact) mass is 304 g/mol. The lowest BCUT2D eigenvalue weighted by atomic mass is 10.3. The van der Waals surface area contributed by atoms with Crippen molar-refractivity contribution >= 4 is 10.0 Å². The maximum Gasteiger partial charge on any atom is 0.244 e. The molecule has 0 radical (unpaired) electrons. The number of methoxy groups -OCH3 is 1. The Labute approximate surface area is 120 Å². The highest BCUT2D eigenvalue weighted by Gasteiger charge is 2.23. The maximum absolute atomic E-state index is 12.2. The van der Waals surface area contributed by atoms with Gasteiger partial charge in [0.2, 0.25) is 10.0 Å². The van der Waals surface area contributed by atoms with Gasteiger partial charge in [-0.15, -0.1) is 0 Å². The molecule has 0 spiro atoms. The topological polar surface area (TPSA) is 80.6 Å². The highest BCUT2D eigenvalue weighted by molar-refractivity contribution is 7.89. The van der Waals surface area contributed by atoms with E-state index in [1.807, 2.05) is 13.8 Å². The van der Waals surface area contributed by atoms with Crippen molar-refractivity contribution < 1.29 is 17.6 Å². The summed E-state index contributed by atoms with van der Waals surface area (Å²) < 4.78 is 37.4. The molecule has 0 aliphatic rings. The normalized spacial score (nSPS) is 13.9. The van der Waals surface area contributed by atoms with Crippen molar-refractivity contribution in [2.75, 3.05) is 13.7 Å². The molecule has 1 unspecified atom stereocenters. The minimum Gasteiger partial charge on any atom is -0.464 e. The molecule has 1 rings (SSSR count). The largest absolute Gasteiger partial charge is 0.464 e. The summed E-state index contributed by atoms with van der Waals surface area (Å²) in [5, 5.41) is 3.19. The Bertz CT molecular complexity index is 522. The molecule has 0 aromatic carbocycles. The van der Waals surface area contributed by atoms with E-state index >= 15 is 0 Å². The number of hydrogen-bond donors (Lipinski definition) is 2. The van der Waals surface area contributed by atoms with Gasteiger partial charge in [-0.1, -0.05) is 13.8 Å². The highest BCUT2D eigenvalue weighted by Crippen LogP contribution is 2.20. The van der Waals surface area contributed by atoms with E-state index in [2.05, 4.69) is 10.0 Å². The Morgan fingerprint density at radius 1 is 1.35 bits per heavy atom. The fourth-order valence-electron chi connectivity index (χ4n) is 1.80. The molecule has 20 heavy (non-hydrogen) atoms. The first kappa shape index (κ1) is 17.2. The third-order valence-corrected chi connectivity index (χ3v) is 4.37. The second-order valence-electron chi connectivity index (χ2n) is 5.15. The zero-order valence-corrected chi connectivity index (χ0v) is 13.5. The van der Waals surface area contributed by atoms with Crippen LogP contribution in [0.1, 0.15) is 32.3 Å². The number of furan rings is 1. The van der Waals surface area contributed by atoms with Crippen molar-refractivity contribution in [2.45, 2.75) is 51.2 Å². The Morgan fingerprint density at radius 3 is 2.55 bits per heavy atom. The van der Waals surface area contributed by atoms with Crippen molar-refractivity contribution in [2.24, 2.45) is 0 Å². The second-order valence-corrected chi connectivity index (χ2v) is 6.83. The van der Waals surface area contributed by atoms with E-state index < -0.39 is 10.0 Å². The van der Waals surface area contributed by atoms with Crippen molar-refractivity contribution in [3.8, 4) is 0 Å². The smallest absolute Gasteiger partial charge is 0.244 e. The summed E-state index contributed by atoms with van der Waals surface area (Å²) in [4.78, 5) is 0.181. The van der Waals surface area contributed by atoms with Crippen molar-refractivity contribution in [3.05, 3.63) is 17.6 Å². The Balaban J connectivity index is 2.84. The molecule has 0 saturated heterocycles. The van der Waals surface area contributed by atoms with Crippen LogP contribution in [0.3, 0.4) is 0 Å². The van der Waals surface area contributed by atoms with Crippen LogP contribution in [0.4, 0.5) is 0 Å². The first-order chi connectivity index (χ1) is 9.26. The molecule has 7 heteroatoms. The molecule has 1 atom stereocenters. The van der Waals surface area contributed by atoms with E-state index in [9.17, 15) is 8.42 Å². The molecule has 0 amide bonds. The Morgan fingerprint density at radius 2 is 2.00 bits per heavy atom. The van der Waals surface area contributed by atoms with Gasteiger partial charge in [0.1, 0.15) is 16.4 Å². The van der Waals surface area contributed by atoms with Crippen LogP contribution in [0, 0.1) is 6.92 Å². The summed E-state index contributed by atoms with van der Waals surface area (Å²) in [5.74, 6) is 0.999. The van der Waals surface area contributed by atoms with Gasteiger partial charge in [0.05, 0.1) is 13.2 Å². The molecule has 116 valence electrons. The first-order valence-corrected chi connectivity index (χ1v) is 8.08. The maximum atomic E-state index is 12.2. The van der Waals surface area contributed by atoms with E-state index in [0.29, 0.717) is 30.7 Å². The minimum absolute atomic E-state index is 0.181. The van der Waals surface area contributed by atoms with Gasteiger partial charge >= 0.3 is 0 Å². The van der Waals surface area contributed by atoms with Gasteiger partial charge in [0.15, 0.2) is 0 Å². The number of hydrogen-bond acceptors (Lipinski definition) is 5. The quantitative estimate of drug-likeness (QED) is 0.759. The van der Waals surface area contributed by atoms with Gasteiger partial charge < -0.3 is 14.5 Å². The summed E-state index contributed by atoms with van der Waals surface area (Å²) in [5.41, 5.74) is 0. The lowest BCUT2D eigenvalue weighted by Gasteiger charge is -2.12. The fourth-order valence-corrected chi connectivity index (χ4v) is 3.23. The van der Waals surface area contributed by atoms with Gasteiger partial charge in [-0.2, -0.15) is 0 Å². The number of sulfonamides is 1. The van der Waals surface area contributed by atoms with Crippen LogP contribution in [0.15, 0.2) is 15.4 Å². The van der Waals surface area contributed by atoms with Crippen molar-refractivity contribution in [3.63, 3.8) is 0 Å². The van der Waals surface area contributed by atoms with Crippen LogP contribution in [0.25, 0.3) is 0 Å².